The van der Waals surface area contributed by atoms with Crippen molar-refractivity contribution in [3.63, 3.8) is 0 Å². The average molecular weight is 219 g/mol. The fourth-order valence-electron chi connectivity index (χ4n) is 2.65. The number of aryl methyl sites for hydroxylation is 1. The Morgan fingerprint density at radius 1 is 1.44 bits per heavy atom. The molecule has 0 radical (unpaired) electrons. The van der Waals surface area contributed by atoms with Crippen LogP contribution in [0.3, 0.4) is 0 Å². The molecular formula is C12H17N3O. The zero-order chi connectivity index (χ0) is 11.1. The minimum atomic E-state index is 0.353. The maximum atomic E-state index is 5.90. The molecule has 3 unspecified atom stereocenters. The van der Waals surface area contributed by atoms with Gasteiger partial charge in [0, 0.05) is 5.69 Å². The summed E-state index contributed by atoms with van der Waals surface area (Å²) in [5.74, 6) is 0.807. The van der Waals surface area contributed by atoms with Crippen molar-refractivity contribution in [2.45, 2.75) is 44.4 Å². The Kier molecular flexibility index (Phi) is 2.24. The number of nitrogens with one attached hydrogen (secondary N) is 1. The van der Waals surface area contributed by atoms with Crippen molar-refractivity contribution in [2.24, 2.45) is 0 Å². The highest BCUT2D eigenvalue weighted by molar-refractivity contribution is 5.61. The quantitative estimate of drug-likeness (QED) is 0.795. The van der Waals surface area contributed by atoms with Gasteiger partial charge in [-0.3, -0.25) is 0 Å². The van der Waals surface area contributed by atoms with Crippen LogP contribution in [0.5, 0.6) is 0 Å². The van der Waals surface area contributed by atoms with Crippen molar-refractivity contribution in [2.75, 3.05) is 11.1 Å². The third-order valence-electron chi connectivity index (χ3n) is 3.49. The summed E-state index contributed by atoms with van der Waals surface area (Å²) < 4.78 is 5.80. The average Bonchev–Trinajstić information content (AvgIpc) is 2.85. The third-order valence-corrected chi connectivity index (χ3v) is 3.49. The molecule has 0 spiro atoms. The Morgan fingerprint density at radius 2 is 2.31 bits per heavy atom. The number of hydrogen-bond acceptors (Lipinski definition) is 4. The van der Waals surface area contributed by atoms with E-state index in [0.29, 0.717) is 23.9 Å². The molecule has 3 heterocycles. The standard InChI is InChI=1S/C12H17N3O/c1-7-2-4-9(13)12(14-7)15-10-6-8-3-5-11(10)16-8/h2,4,8,10-11H,3,5-6,13H2,1H3,(H,14,15). The second-order valence-electron chi connectivity index (χ2n) is 4.75. The fraction of sp³-hybridized carbons (Fsp3) is 0.583. The predicted molar refractivity (Wildman–Crippen MR) is 63.3 cm³/mol. The molecule has 0 aliphatic carbocycles. The normalized spacial score (nSPS) is 31.9. The number of aromatic nitrogens is 1. The van der Waals surface area contributed by atoms with E-state index in [1.807, 2.05) is 19.1 Å². The molecule has 2 aliphatic rings. The molecule has 3 N–H and O–H groups in total. The summed E-state index contributed by atoms with van der Waals surface area (Å²) in [5.41, 5.74) is 7.60. The highest BCUT2D eigenvalue weighted by atomic mass is 16.5. The van der Waals surface area contributed by atoms with Gasteiger partial charge in [-0.1, -0.05) is 0 Å². The third kappa shape index (κ3) is 1.63. The summed E-state index contributed by atoms with van der Waals surface area (Å²) in [5, 5.41) is 3.42. The Bertz CT molecular complexity index is 407. The zero-order valence-corrected chi connectivity index (χ0v) is 9.44. The molecule has 86 valence electrons. The van der Waals surface area contributed by atoms with E-state index in [1.54, 1.807) is 0 Å². The van der Waals surface area contributed by atoms with Crippen LogP contribution in [-0.2, 0) is 4.74 Å². The number of nitrogen functional groups attached to an aromatic ring is 1. The van der Waals surface area contributed by atoms with E-state index in [2.05, 4.69) is 10.3 Å². The summed E-state index contributed by atoms with van der Waals surface area (Å²) in [6, 6.07) is 4.21. The van der Waals surface area contributed by atoms with Crippen LogP contribution in [0.25, 0.3) is 0 Å². The van der Waals surface area contributed by atoms with Gasteiger partial charge in [-0.15, -0.1) is 0 Å². The molecular weight excluding hydrogens is 202 g/mol. The van der Waals surface area contributed by atoms with Gasteiger partial charge < -0.3 is 15.8 Å². The summed E-state index contributed by atoms with van der Waals surface area (Å²) in [4.78, 5) is 4.43. The Balaban J connectivity index is 1.76. The summed E-state index contributed by atoms with van der Waals surface area (Å²) in [6.45, 7) is 1.97. The lowest BCUT2D eigenvalue weighted by Crippen LogP contribution is -2.31. The number of ether oxygens (including phenoxy) is 1. The number of nitrogens with two attached hydrogens (primary N) is 1. The molecule has 4 heteroatoms. The summed E-state index contributed by atoms with van der Waals surface area (Å²) in [6.07, 6.45) is 4.26. The fourth-order valence-corrected chi connectivity index (χ4v) is 2.65. The number of anilines is 2. The highest BCUT2D eigenvalue weighted by Crippen LogP contribution is 2.36. The van der Waals surface area contributed by atoms with Crippen LogP contribution < -0.4 is 11.1 Å². The van der Waals surface area contributed by atoms with E-state index < -0.39 is 0 Å². The van der Waals surface area contributed by atoms with Crippen LogP contribution in [0.4, 0.5) is 11.5 Å². The highest BCUT2D eigenvalue weighted by Gasteiger charge is 2.40. The molecule has 0 aromatic carbocycles. The van der Waals surface area contributed by atoms with E-state index in [-0.39, 0.29) is 0 Å². The van der Waals surface area contributed by atoms with Crippen LogP contribution in [0.1, 0.15) is 25.0 Å². The predicted octanol–water partition coefficient (Wildman–Crippen LogP) is 1.70. The SMILES string of the molecule is Cc1ccc(N)c(NC2CC3CCC2O3)n1. The maximum absolute atomic E-state index is 5.90. The van der Waals surface area contributed by atoms with Gasteiger partial charge in [0.2, 0.25) is 0 Å². The molecule has 0 amide bonds. The lowest BCUT2D eigenvalue weighted by molar-refractivity contribution is 0.102. The smallest absolute Gasteiger partial charge is 0.149 e. The van der Waals surface area contributed by atoms with Crippen molar-refractivity contribution in [3.8, 4) is 0 Å². The van der Waals surface area contributed by atoms with Crippen LogP contribution in [-0.4, -0.2) is 23.2 Å². The van der Waals surface area contributed by atoms with E-state index in [9.17, 15) is 0 Å². The molecule has 1 aromatic heterocycles. The molecule has 2 fully saturated rings. The molecule has 0 saturated carbocycles. The summed E-state index contributed by atoms with van der Waals surface area (Å²) >= 11 is 0. The molecule has 4 nitrogen and oxygen atoms in total. The summed E-state index contributed by atoms with van der Waals surface area (Å²) in [7, 11) is 0. The number of rotatable bonds is 2. The van der Waals surface area contributed by atoms with Crippen LogP contribution >= 0.6 is 0 Å². The second kappa shape index (κ2) is 3.63. The first-order valence-electron chi connectivity index (χ1n) is 5.87. The van der Waals surface area contributed by atoms with Gasteiger partial charge in [-0.2, -0.15) is 0 Å². The first-order valence-corrected chi connectivity index (χ1v) is 5.87. The van der Waals surface area contributed by atoms with Gasteiger partial charge >= 0.3 is 0 Å². The number of nitrogens with zero attached hydrogens (tertiary/aromatic N) is 1. The topological polar surface area (TPSA) is 60.2 Å². The van der Waals surface area contributed by atoms with Crippen molar-refractivity contribution in [3.05, 3.63) is 17.8 Å². The first kappa shape index (κ1) is 9.90. The largest absolute Gasteiger partial charge is 0.396 e. The van der Waals surface area contributed by atoms with Gasteiger partial charge in [-0.05, 0) is 38.3 Å². The molecule has 3 atom stereocenters. The maximum Gasteiger partial charge on any atom is 0.149 e. The first-order chi connectivity index (χ1) is 7.72. The Labute approximate surface area is 95.2 Å². The molecule has 2 aliphatic heterocycles. The monoisotopic (exact) mass is 219 g/mol. The lowest BCUT2D eigenvalue weighted by Gasteiger charge is -2.21. The molecule has 2 bridgehead atoms. The lowest BCUT2D eigenvalue weighted by atomic mass is 9.95. The van der Waals surface area contributed by atoms with E-state index in [0.717, 1.165) is 24.4 Å². The van der Waals surface area contributed by atoms with Crippen molar-refractivity contribution >= 4 is 11.5 Å². The minimum absolute atomic E-state index is 0.353. The molecule has 2 saturated heterocycles. The van der Waals surface area contributed by atoms with E-state index >= 15 is 0 Å². The molecule has 16 heavy (non-hydrogen) atoms. The van der Waals surface area contributed by atoms with Gasteiger partial charge in [0.1, 0.15) is 5.82 Å². The minimum Gasteiger partial charge on any atom is -0.396 e. The Morgan fingerprint density at radius 3 is 3.00 bits per heavy atom. The number of hydrogen-bond donors (Lipinski definition) is 2. The van der Waals surface area contributed by atoms with Gasteiger partial charge in [0.05, 0.1) is 23.9 Å². The zero-order valence-electron chi connectivity index (χ0n) is 9.44. The molecule has 1 aromatic rings. The van der Waals surface area contributed by atoms with Crippen molar-refractivity contribution < 1.29 is 4.74 Å². The van der Waals surface area contributed by atoms with Gasteiger partial charge in [0.15, 0.2) is 0 Å². The van der Waals surface area contributed by atoms with Crippen LogP contribution in [0.15, 0.2) is 12.1 Å². The van der Waals surface area contributed by atoms with Crippen molar-refractivity contribution in [1.82, 2.24) is 4.98 Å². The van der Waals surface area contributed by atoms with Gasteiger partial charge in [0.25, 0.3) is 0 Å². The van der Waals surface area contributed by atoms with Crippen LogP contribution in [0.2, 0.25) is 0 Å². The van der Waals surface area contributed by atoms with Gasteiger partial charge in [-0.25, -0.2) is 4.98 Å². The van der Waals surface area contributed by atoms with E-state index in [1.165, 1.54) is 6.42 Å². The van der Waals surface area contributed by atoms with Crippen molar-refractivity contribution in [1.29, 1.82) is 0 Å². The van der Waals surface area contributed by atoms with E-state index in [4.69, 9.17) is 10.5 Å². The second-order valence-corrected chi connectivity index (χ2v) is 4.75. The number of pyridine rings is 1. The Hall–Kier alpha value is -1.29. The number of fused-ring (bicyclic) bond motifs is 2. The van der Waals surface area contributed by atoms with Crippen LogP contribution in [0, 0.1) is 6.92 Å². The molecule has 3 rings (SSSR count).